The number of methoxy groups -OCH3 is 1. The second-order valence-corrected chi connectivity index (χ2v) is 6.65. The van der Waals surface area contributed by atoms with E-state index < -0.39 is 6.10 Å². The molecular weight excluding hydrogens is 368 g/mol. The van der Waals surface area contributed by atoms with E-state index in [1.54, 1.807) is 0 Å². The fraction of sp³-hybridized carbons (Fsp3) is 0.500. The molecule has 2 rings (SSSR count). The van der Waals surface area contributed by atoms with E-state index in [2.05, 4.69) is 11.9 Å². The first-order chi connectivity index (χ1) is 13.0. The zero-order chi connectivity index (χ0) is 19.8. The van der Waals surface area contributed by atoms with Gasteiger partial charge in [0.2, 0.25) is 0 Å². The number of carbonyl (C=O) groups is 1. The van der Waals surface area contributed by atoms with Crippen LogP contribution in [0.5, 0.6) is 5.75 Å². The van der Waals surface area contributed by atoms with Gasteiger partial charge in [0.05, 0.1) is 19.4 Å². The monoisotopic (exact) mass is 394 g/mol. The van der Waals surface area contributed by atoms with Crippen molar-refractivity contribution in [1.29, 1.82) is 0 Å². The molecule has 1 unspecified atom stereocenters. The lowest BCUT2D eigenvalue weighted by Gasteiger charge is -2.16. The van der Waals surface area contributed by atoms with Crippen molar-refractivity contribution in [2.75, 3.05) is 7.11 Å². The number of aliphatic hydroxyl groups is 1. The third kappa shape index (κ3) is 5.47. The van der Waals surface area contributed by atoms with Crippen molar-refractivity contribution in [1.82, 2.24) is 9.55 Å². The highest BCUT2D eigenvalue weighted by Gasteiger charge is 2.19. The molecule has 1 aromatic heterocycles. The van der Waals surface area contributed by atoms with Crippen molar-refractivity contribution >= 4 is 17.6 Å². The summed E-state index contributed by atoms with van der Waals surface area (Å²) in [6.07, 6.45) is 2.80. The number of aromatic nitrogens is 2. The lowest BCUT2D eigenvalue weighted by Crippen LogP contribution is -2.27. The molecule has 0 aliphatic rings. The van der Waals surface area contributed by atoms with E-state index in [0.717, 1.165) is 30.7 Å². The van der Waals surface area contributed by atoms with E-state index in [4.69, 9.17) is 21.1 Å². The van der Waals surface area contributed by atoms with Gasteiger partial charge in [0.25, 0.3) is 0 Å². The zero-order valence-corrected chi connectivity index (χ0v) is 16.8. The molecule has 1 heterocycles. The van der Waals surface area contributed by atoms with Crippen molar-refractivity contribution in [3.63, 3.8) is 0 Å². The number of halogens is 1. The number of esters is 1. The number of aryl methyl sites for hydroxylation is 1. The molecule has 0 amide bonds. The first kappa shape index (κ1) is 21.3. The van der Waals surface area contributed by atoms with Crippen LogP contribution in [0.1, 0.15) is 50.2 Å². The summed E-state index contributed by atoms with van der Waals surface area (Å²) >= 11 is 6.18. The first-order valence-electron chi connectivity index (χ1n) is 9.22. The van der Waals surface area contributed by atoms with Gasteiger partial charge >= 0.3 is 5.97 Å². The molecule has 0 aliphatic heterocycles. The van der Waals surface area contributed by atoms with Crippen LogP contribution in [0.2, 0.25) is 5.15 Å². The molecule has 2 aromatic rings. The van der Waals surface area contributed by atoms with Gasteiger partial charge in [-0.2, -0.15) is 0 Å². The lowest BCUT2D eigenvalue weighted by molar-refractivity contribution is -0.148. The molecular formula is C20H27ClN2O4. The maximum Gasteiger partial charge on any atom is 0.347 e. The van der Waals surface area contributed by atoms with Crippen LogP contribution in [0.25, 0.3) is 0 Å². The van der Waals surface area contributed by atoms with E-state index in [9.17, 15) is 9.90 Å². The molecule has 0 spiro atoms. The van der Waals surface area contributed by atoms with Crippen molar-refractivity contribution < 1.29 is 19.4 Å². The van der Waals surface area contributed by atoms with E-state index in [-0.39, 0.29) is 12.6 Å². The number of carbonyl (C=O) groups excluding carboxylic acids is 1. The van der Waals surface area contributed by atoms with Gasteiger partial charge in [-0.05, 0) is 30.5 Å². The smallest absolute Gasteiger partial charge is 0.347 e. The summed E-state index contributed by atoms with van der Waals surface area (Å²) in [6, 6.07) is 7.50. The van der Waals surface area contributed by atoms with Crippen LogP contribution >= 0.6 is 11.6 Å². The topological polar surface area (TPSA) is 73.6 Å². The Morgan fingerprint density at radius 3 is 2.56 bits per heavy atom. The number of ether oxygens (including phenoxy) is 2. The van der Waals surface area contributed by atoms with Crippen LogP contribution in [0, 0.1) is 0 Å². The average molecular weight is 395 g/mol. The number of imidazole rings is 1. The Hall–Kier alpha value is -2.05. The molecule has 27 heavy (non-hydrogen) atoms. The van der Waals surface area contributed by atoms with Crippen LogP contribution in [0.3, 0.4) is 0 Å². The standard InChI is InChI=1S/C20H27ClN2O4/c1-4-6-7-18-22-19(21)16(13-24)23(18)12-14-8-10-15(11-9-14)27-17(5-2)20(25)26-3/h8-11,17,24H,4-7,12-13H2,1-3H3. The van der Waals surface area contributed by atoms with Crippen LogP contribution in [0.4, 0.5) is 0 Å². The predicted octanol–water partition coefficient (Wildman–Crippen LogP) is 3.75. The summed E-state index contributed by atoms with van der Waals surface area (Å²) < 4.78 is 12.4. The van der Waals surface area contributed by atoms with Gasteiger partial charge in [0.1, 0.15) is 11.6 Å². The number of rotatable bonds is 10. The van der Waals surface area contributed by atoms with Crippen LogP contribution in [-0.2, 0) is 29.1 Å². The predicted molar refractivity (Wildman–Crippen MR) is 104 cm³/mol. The van der Waals surface area contributed by atoms with Gasteiger partial charge in [0, 0.05) is 13.0 Å². The molecule has 0 saturated heterocycles. The van der Waals surface area contributed by atoms with E-state index in [1.807, 2.05) is 35.8 Å². The summed E-state index contributed by atoms with van der Waals surface area (Å²) in [5.41, 5.74) is 1.65. The molecule has 1 N–H and O–H groups in total. The third-order valence-electron chi connectivity index (χ3n) is 4.38. The minimum atomic E-state index is -0.616. The summed E-state index contributed by atoms with van der Waals surface area (Å²) in [4.78, 5) is 16.1. The van der Waals surface area contributed by atoms with E-state index >= 15 is 0 Å². The minimum absolute atomic E-state index is 0.156. The molecule has 6 nitrogen and oxygen atoms in total. The van der Waals surface area contributed by atoms with Gasteiger partial charge in [-0.15, -0.1) is 0 Å². The van der Waals surface area contributed by atoms with Crippen molar-refractivity contribution in [2.24, 2.45) is 0 Å². The normalized spacial score (nSPS) is 12.0. The van der Waals surface area contributed by atoms with E-state index in [0.29, 0.717) is 29.6 Å². The molecule has 0 radical (unpaired) electrons. The lowest BCUT2D eigenvalue weighted by atomic mass is 10.2. The summed E-state index contributed by atoms with van der Waals surface area (Å²) in [6.45, 7) is 4.39. The number of hydrogen-bond acceptors (Lipinski definition) is 5. The first-order valence-corrected chi connectivity index (χ1v) is 9.59. The average Bonchev–Trinajstić information content (AvgIpc) is 2.99. The van der Waals surface area contributed by atoms with Crippen molar-refractivity contribution in [3.05, 3.63) is 46.5 Å². The summed E-state index contributed by atoms with van der Waals surface area (Å²) in [5.74, 6) is 1.10. The number of aliphatic hydroxyl groups excluding tert-OH is 1. The Labute approximate surface area is 165 Å². The molecule has 0 saturated carbocycles. The second-order valence-electron chi connectivity index (χ2n) is 6.30. The third-order valence-corrected chi connectivity index (χ3v) is 4.69. The van der Waals surface area contributed by atoms with Gasteiger partial charge < -0.3 is 19.1 Å². The SMILES string of the molecule is CCCCc1nc(Cl)c(CO)n1Cc1ccc(OC(CC)C(=O)OC)cc1. The Morgan fingerprint density at radius 1 is 1.30 bits per heavy atom. The summed E-state index contributed by atoms with van der Waals surface area (Å²) in [5, 5.41) is 10.0. The van der Waals surface area contributed by atoms with Crippen LogP contribution in [0.15, 0.2) is 24.3 Å². The quantitative estimate of drug-likeness (QED) is 0.621. The van der Waals surface area contributed by atoms with Crippen molar-refractivity contribution in [2.45, 2.75) is 58.8 Å². The van der Waals surface area contributed by atoms with Gasteiger partial charge in [-0.25, -0.2) is 9.78 Å². The van der Waals surface area contributed by atoms with Gasteiger partial charge in [-0.3, -0.25) is 0 Å². The Bertz CT molecular complexity index is 743. The minimum Gasteiger partial charge on any atom is -0.479 e. The zero-order valence-electron chi connectivity index (χ0n) is 16.1. The molecule has 148 valence electrons. The highest BCUT2D eigenvalue weighted by Crippen LogP contribution is 2.22. The van der Waals surface area contributed by atoms with E-state index in [1.165, 1.54) is 7.11 Å². The number of hydrogen-bond donors (Lipinski definition) is 1. The second kappa shape index (κ2) is 10.3. The largest absolute Gasteiger partial charge is 0.479 e. The fourth-order valence-corrected chi connectivity index (χ4v) is 3.08. The maximum absolute atomic E-state index is 11.7. The maximum atomic E-state index is 11.7. The fourth-order valence-electron chi connectivity index (χ4n) is 2.82. The molecule has 0 fully saturated rings. The van der Waals surface area contributed by atoms with Crippen LogP contribution in [-0.4, -0.2) is 33.8 Å². The number of unbranched alkanes of at least 4 members (excludes halogenated alkanes) is 1. The Balaban J connectivity index is 2.15. The van der Waals surface area contributed by atoms with Crippen LogP contribution < -0.4 is 4.74 Å². The van der Waals surface area contributed by atoms with Gasteiger partial charge in [-0.1, -0.05) is 44.0 Å². The highest BCUT2D eigenvalue weighted by atomic mass is 35.5. The highest BCUT2D eigenvalue weighted by molar-refractivity contribution is 6.30. The molecule has 0 bridgehead atoms. The number of nitrogens with zero attached hydrogens (tertiary/aromatic N) is 2. The summed E-state index contributed by atoms with van der Waals surface area (Å²) in [7, 11) is 1.35. The molecule has 1 aromatic carbocycles. The van der Waals surface area contributed by atoms with Gasteiger partial charge in [0.15, 0.2) is 11.3 Å². The Kier molecular flexibility index (Phi) is 8.13. The molecule has 1 atom stereocenters. The Morgan fingerprint density at radius 2 is 2.00 bits per heavy atom. The van der Waals surface area contributed by atoms with Crippen molar-refractivity contribution in [3.8, 4) is 5.75 Å². The molecule has 0 aliphatic carbocycles. The number of benzene rings is 1. The molecule has 7 heteroatoms.